The highest BCUT2D eigenvalue weighted by atomic mass is 35.5. The molecule has 0 spiro atoms. The van der Waals surface area contributed by atoms with E-state index in [1.807, 2.05) is 0 Å². The van der Waals surface area contributed by atoms with Gasteiger partial charge in [0.1, 0.15) is 11.5 Å². The summed E-state index contributed by atoms with van der Waals surface area (Å²) < 4.78 is 5.07. The van der Waals surface area contributed by atoms with E-state index in [0.717, 1.165) is 0 Å². The van der Waals surface area contributed by atoms with E-state index in [4.69, 9.17) is 16.3 Å². The van der Waals surface area contributed by atoms with E-state index in [-0.39, 0.29) is 17.3 Å². The van der Waals surface area contributed by atoms with Crippen LogP contribution in [0, 0.1) is 10.1 Å². The summed E-state index contributed by atoms with van der Waals surface area (Å²) in [5.41, 5.74) is 0.426. The van der Waals surface area contributed by atoms with E-state index in [1.165, 1.54) is 29.5 Å². The van der Waals surface area contributed by atoms with Crippen LogP contribution in [-0.2, 0) is 11.3 Å². The van der Waals surface area contributed by atoms with Gasteiger partial charge in [0.05, 0.1) is 9.95 Å². The fraction of sp³-hybridized carbons (Fsp3) is 0.0833. The average Bonchev–Trinajstić information content (AvgIpc) is 2.90. The molecule has 2 aromatic rings. The van der Waals surface area contributed by atoms with Gasteiger partial charge in [-0.1, -0.05) is 17.7 Å². The van der Waals surface area contributed by atoms with E-state index in [0.29, 0.717) is 10.4 Å². The molecule has 0 aliphatic heterocycles. The number of rotatable bonds is 4. The zero-order valence-corrected chi connectivity index (χ0v) is 11.1. The number of nitrogens with zero attached hydrogens (tertiary/aromatic N) is 1. The zero-order chi connectivity index (χ0) is 13.8. The summed E-state index contributed by atoms with van der Waals surface area (Å²) in [6.45, 7) is -0.0203. The molecule has 2 rings (SSSR count). The number of nitro groups is 1. The Morgan fingerprint density at radius 2 is 2.21 bits per heavy atom. The normalized spacial score (nSPS) is 10.2. The second kappa shape index (κ2) is 5.81. The molecule has 0 saturated carbocycles. The molecule has 0 saturated heterocycles. The highest BCUT2D eigenvalue weighted by molar-refractivity contribution is 7.11. The second-order valence-electron chi connectivity index (χ2n) is 3.59. The van der Waals surface area contributed by atoms with Crippen molar-refractivity contribution in [3.63, 3.8) is 0 Å². The standard InChI is InChI=1S/C12H8ClNO4S/c13-10-6-9(14(16)17)4-3-8(10)7-18-12(15)11-2-1-5-19-11/h1-6H,7H2. The van der Waals surface area contributed by atoms with Gasteiger partial charge in [0, 0.05) is 17.7 Å². The maximum atomic E-state index is 11.6. The summed E-state index contributed by atoms with van der Waals surface area (Å²) in [6.07, 6.45) is 0. The molecule has 0 bridgehead atoms. The van der Waals surface area contributed by atoms with E-state index < -0.39 is 10.9 Å². The lowest BCUT2D eigenvalue weighted by atomic mass is 10.2. The molecule has 0 amide bonds. The summed E-state index contributed by atoms with van der Waals surface area (Å²) in [5.74, 6) is -0.440. The van der Waals surface area contributed by atoms with Crippen molar-refractivity contribution < 1.29 is 14.5 Å². The number of hydrogen-bond acceptors (Lipinski definition) is 5. The highest BCUT2D eigenvalue weighted by Crippen LogP contribution is 2.23. The molecule has 7 heteroatoms. The molecule has 0 N–H and O–H groups in total. The summed E-state index contributed by atoms with van der Waals surface area (Å²) in [7, 11) is 0. The maximum absolute atomic E-state index is 11.6. The number of thiophene rings is 1. The van der Waals surface area contributed by atoms with Gasteiger partial charge in [-0.15, -0.1) is 11.3 Å². The molecule has 1 aromatic heterocycles. The minimum Gasteiger partial charge on any atom is -0.457 e. The number of esters is 1. The fourth-order valence-electron chi connectivity index (χ4n) is 1.38. The summed E-state index contributed by atoms with van der Waals surface area (Å²) in [5, 5.41) is 12.5. The number of nitro benzene ring substituents is 1. The Bertz CT molecular complexity index is 612. The van der Waals surface area contributed by atoms with Crippen molar-refractivity contribution in [3.05, 3.63) is 61.3 Å². The molecule has 0 aliphatic carbocycles. The van der Waals surface area contributed by atoms with Crippen LogP contribution in [0.1, 0.15) is 15.2 Å². The van der Waals surface area contributed by atoms with Crippen LogP contribution in [0.15, 0.2) is 35.7 Å². The van der Waals surface area contributed by atoms with Crippen molar-refractivity contribution >= 4 is 34.6 Å². The first kappa shape index (κ1) is 13.5. The van der Waals surface area contributed by atoms with E-state index in [2.05, 4.69) is 0 Å². The maximum Gasteiger partial charge on any atom is 0.348 e. The van der Waals surface area contributed by atoms with Crippen molar-refractivity contribution in [2.24, 2.45) is 0 Å². The molecular weight excluding hydrogens is 290 g/mol. The van der Waals surface area contributed by atoms with Gasteiger partial charge in [0.2, 0.25) is 0 Å². The van der Waals surface area contributed by atoms with Crippen LogP contribution in [-0.4, -0.2) is 10.9 Å². The number of ether oxygens (including phenoxy) is 1. The Morgan fingerprint density at radius 3 is 2.79 bits per heavy atom. The van der Waals surface area contributed by atoms with Gasteiger partial charge in [-0.05, 0) is 17.5 Å². The Morgan fingerprint density at radius 1 is 1.42 bits per heavy atom. The van der Waals surface area contributed by atoms with Crippen molar-refractivity contribution in [2.75, 3.05) is 0 Å². The molecular formula is C12H8ClNO4S. The molecule has 5 nitrogen and oxygen atoms in total. The van der Waals surface area contributed by atoms with E-state index >= 15 is 0 Å². The largest absolute Gasteiger partial charge is 0.457 e. The van der Waals surface area contributed by atoms with Crippen LogP contribution in [0.2, 0.25) is 5.02 Å². The van der Waals surface area contributed by atoms with E-state index in [1.54, 1.807) is 17.5 Å². The number of benzene rings is 1. The first-order chi connectivity index (χ1) is 9.08. The topological polar surface area (TPSA) is 69.4 Å². The monoisotopic (exact) mass is 297 g/mol. The lowest BCUT2D eigenvalue weighted by molar-refractivity contribution is -0.384. The average molecular weight is 298 g/mol. The third-order valence-electron chi connectivity index (χ3n) is 2.33. The first-order valence-corrected chi connectivity index (χ1v) is 6.47. The van der Waals surface area contributed by atoms with Crippen LogP contribution in [0.25, 0.3) is 0 Å². The number of halogens is 1. The van der Waals surface area contributed by atoms with E-state index in [9.17, 15) is 14.9 Å². The molecule has 1 heterocycles. The number of non-ortho nitro benzene ring substituents is 1. The van der Waals surface area contributed by atoms with Crippen LogP contribution in [0.3, 0.4) is 0 Å². The first-order valence-electron chi connectivity index (χ1n) is 5.21. The minimum atomic E-state index is -0.534. The van der Waals surface area contributed by atoms with Gasteiger partial charge >= 0.3 is 5.97 Å². The van der Waals surface area contributed by atoms with Gasteiger partial charge in [0.15, 0.2) is 0 Å². The second-order valence-corrected chi connectivity index (χ2v) is 4.94. The number of carbonyl (C=O) groups is 1. The molecule has 0 fully saturated rings. The quantitative estimate of drug-likeness (QED) is 0.490. The molecule has 1 aromatic carbocycles. The Balaban J connectivity index is 2.04. The van der Waals surface area contributed by atoms with Gasteiger partial charge < -0.3 is 4.74 Å². The third kappa shape index (κ3) is 3.30. The predicted octanol–water partition coefficient (Wildman–Crippen LogP) is 3.67. The Labute approximate surface area is 117 Å². The molecule has 19 heavy (non-hydrogen) atoms. The van der Waals surface area contributed by atoms with Gasteiger partial charge in [-0.2, -0.15) is 0 Å². The lowest BCUT2D eigenvalue weighted by Gasteiger charge is -2.05. The van der Waals surface area contributed by atoms with Gasteiger partial charge in [0.25, 0.3) is 5.69 Å². The third-order valence-corrected chi connectivity index (χ3v) is 3.53. The van der Waals surface area contributed by atoms with Crippen LogP contribution >= 0.6 is 22.9 Å². The minimum absolute atomic E-state index is 0.0203. The predicted molar refractivity (Wildman–Crippen MR) is 71.5 cm³/mol. The molecule has 0 aliphatic rings. The number of carbonyl (C=O) groups excluding carboxylic acids is 1. The summed E-state index contributed by atoms with van der Waals surface area (Å²) in [6, 6.07) is 7.43. The summed E-state index contributed by atoms with van der Waals surface area (Å²) >= 11 is 7.17. The Kier molecular flexibility index (Phi) is 4.13. The smallest absolute Gasteiger partial charge is 0.348 e. The van der Waals surface area contributed by atoms with Gasteiger partial charge in [-0.25, -0.2) is 4.79 Å². The molecule has 0 unspecified atom stereocenters. The van der Waals surface area contributed by atoms with Gasteiger partial charge in [-0.3, -0.25) is 10.1 Å². The Hall–Kier alpha value is -1.92. The lowest BCUT2D eigenvalue weighted by Crippen LogP contribution is -2.03. The van der Waals surface area contributed by atoms with Crippen LogP contribution < -0.4 is 0 Å². The van der Waals surface area contributed by atoms with Crippen molar-refractivity contribution in [1.29, 1.82) is 0 Å². The van der Waals surface area contributed by atoms with Crippen LogP contribution in [0.4, 0.5) is 5.69 Å². The number of hydrogen-bond donors (Lipinski definition) is 0. The van der Waals surface area contributed by atoms with Crippen LogP contribution in [0.5, 0.6) is 0 Å². The molecule has 98 valence electrons. The van der Waals surface area contributed by atoms with Crippen molar-refractivity contribution in [2.45, 2.75) is 6.61 Å². The molecule has 0 atom stereocenters. The van der Waals surface area contributed by atoms with Crippen molar-refractivity contribution in [3.8, 4) is 0 Å². The fourth-order valence-corrected chi connectivity index (χ4v) is 2.22. The molecule has 0 radical (unpaired) electrons. The SMILES string of the molecule is O=C(OCc1ccc([N+](=O)[O-])cc1Cl)c1cccs1. The summed E-state index contributed by atoms with van der Waals surface area (Å²) in [4.78, 5) is 22.1. The highest BCUT2D eigenvalue weighted by Gasteiger charge is 2.12. The zero-order valence-electron chi connectivity index (χ0n) is 9.54. The van der Waals surface area contributed by atoms with Crippen molar-refractivity contribution in [1.82, 2.24) is 0 Å².